The summed E-state index contributed by atoms with van der Waals surface area (Å²) in [5.41, 5.74) is 0. The summed E-state index contributed by atoms with van der Waals surface area (Å²) in [6.45, 7) is 3.32. The van der Waals surface area contributed by atoms with Crippen LogP contribution in [0.15, 0.2) is 23.1 Å². The molecule has 0 saturated carbocycles. The Labute approximate surface area is 116 Å². The quantitative estimate of drug-likeness (QED) is 0.820. The van der Waals surface area contributed by atoms with Gasteiger partial charge in [0.2, 0.25) is 0 Å². The average molecular weight is 306 g/mol. The zero-order chi connectivity index (χ0) is 15.5. The summed E-state index contributed by atoms with van der Waals surface area (Å²) in [5, 5.41) is 7.47. The summed E-state index contributed by atoms with van der Waals surface area (Å²) < 4.78 is 50.5. The van der Waals surface area contributed by atoms with Crippen molar-refractivity contribution in [2.24, 2.45) is 5.92 Å². The van der Waals surface area contributed by atoms with Crippen molar-refractivity contribution >= 4 is 15.8 Å². The number of hydrogen-bond acceptors (Lipinski definition) is 3. The lowest BCUT2D eigenvalue weighted by molar-refractivity contribution is -0.137. The Bertz CT molecular complexity index is 598. The van der Waals surface area contributed by atoms with E-state index in [-0.39, 0.29) is 0 Å². The van der Waals surface area contributed by atoms with Crippen LogP contribution in [0.4, 0.5) is 8.78 Å². The van der Waals surface area contributed by atoms with Crippen molar-refractivity contribution in [2.75, 3.05) is 0 Å². The number of benzene rings is 1. The SMILES string of the molecule is CCCC(C)C(C(=O)O)S(=O)(=O)c1ccc(F)c(F)c1. The fourth-order valence-electron chi connectivity index (χ4n) is 2.09. The van der Waals surface area contributed by atoms with Gasteiger partial charge < -0.3 is 5.11 Å². The third kappa shape index (κ3) is 3.33. The van der Waals surface area contributed by atoms with Crippen LogP contribution in [0.1, 0.15) is 26.7 Å². The first-order valence-electron chi connectivity index (χ1n) is 6.13. The number of carboxylic acid groups (broad SMARTS) is 1. The molecule has 0 radical (unpaired) electrons. The Morgan fingerprint density at radius 1 is 1.30 bits per heavy atom. The Kier molecular flexibility index (Phi) is 5.21. The van der Waals surface area contributed by atoms with Crippen LogP contribution in [0.5, 0.6) is 0 Å². The minimum absolute atomic E-state index is 0.403. The van der Waals surface area contributed by atoms with Crippen LogP contribution in [0.2, 0.25) is 0 Å². The molecule has 0 heterocycles. The van der Waals surface area contributed by atoms with Crippen molar-refractivity contribution in [1.82, 2.24) is 0 Å². The molecular weight excluding hydrogens is 290 g/mol. The lowest BCUT2D eigenvalue weighted by Crippen LogP contribution is -2.36. The van der Waals surface area contributed by atoms with Gasteiger partial charge in [0, 0.05) is 0 Å². The van der Waals surface area contributed by atoms with E-state index in [1.807, 2.05) is 0 Å². The molecule has 0 bridgehead atoms. The van der Waals surface area contributed by atoms with Gasteiger partial charge in [-0.25, -0.2) is 17.2 Å². The predicted molar refractivity (Wildman–Crippen MR) is 69.0 cm³/mol. The molecule has 112 valence electrons. The number of hydrogen-bond donors (Lipinski definition) is 1. The maximum Gasteiger partial charge on any atom is 0.322 e. The van der Waals surface area contributed by atoms with Crippen LogP contribution in [0.25, 0.3) is 0 Å². The first-order valence-corrected chi connectivity index (χ1v) is 7.68. The van der Waals surface area contributed by atoms with Crippen molar-refractivity contribution in [3.8, 4) is 0 Å². The van der Waals surface area contributed by atoms with E-state index in [1.165, 1.54) is 6.92 Å². The van der Waals surface area contributed by atoms with E-state index in [0.717, 1.165) is 6.07 Å². The zero-order valence-electron chi connectivity index (χ0n) is 11.1. The molecule has 0 aliphatic rings. The minimum atomic E-state index is -4.27. The highest BCUT2D eigenvalue weighted by Crippen LogP contribution is 2.26. The van der Waals surface area contributed by atoms with Gasteiger partial charge in [-0.15, -0.1) is 0 Å². The van der Waals surface area contributed by atoms with Gasteiger partial charge in [-0.1, -0.05) is 20.3 Å². The second kappa shape index (κ2) is 6.30. The first-order chi connectivity index (χ1) is 9.21. The Morgan fingerprint density at radius 2 is 1.90 bits per heavy atom. The van der Waals surface area contributed by atoms with E-state index >= 15 is 0 Å². The maximum absolute atomic E-state index is 13.1. The van der Waals surface area contributed by atoms with Crippen molar-refractivity contribution in [3.63, 3.8) is 0 Å². The molecule has 0 fully saturated rings. The highest BCUT2D eigenvalue weighted by atomic mass is 32.2. The minimum Gasteiger partial charge on any atom is -0.480 e. The van der Waals surface area contributed by atoms with Crippen molar-refractivity contribution in [2.45, 2.75) is 36.8 Å². The van der Waals surface area contributed by atoms with Crippen LogP contribution in [-0.2, 0) is 14.6 Å². The molecule has 0 amide bonds. The number of carboxylic acids is 1. The average Bonchev–Trinajstić information content (AvgIpc) is 2.31. The third-order valence-corrected chi connectivity index (χ3v) is 5.30. The zero-order valence-corrected chi connectivity index (χ0v) is 12.0. The molecular formula is C13H16F2O4S. The fraction of sp³-hybridized carbons (Fsp3) is 0.462. The monoisotopic (exact) mass is 306 g/mol. The topological polar surface area (TPSA) is 71.4 Å². The summed E-state index contributed by atoms with van der Waals surface area (Å²) in [4.78, 5) is 10.7. The molecule has 0 aromatic heterocycles. The number of halogens is 2. The molecule has 4 nitrogen and oxygen atoms in total. The second-order valence-electron chi connectivity index (χ2n) is 4.65. The van der Waals surface area contributed by atoms with Gasteiger partial charge in [-0.2, -0.15) is 0 Å². The maximum atomic E-state index is 13.1. The molecule has 2 unspecified atom stereocenters. The number of carbonyl (C=O) groups is 1. The lowest BCUT2D eigenvalue weighted by atomic mass is 10.0. The lowest BCUT2D eigenvalue weighted by Gasteiger charge is -2.20. The van der Waals surface area contributed by atoms with Gasteiger partial charge in [0.1, 0.15) is 0 Å². The van der Waals surface area contributed by atoms with Crippen molar-refractivity contribution in [3.05, 3.63) is 29.8 Å². The second-order valence-corrected chi connectivity index (χ2v) is 6.72. The molecule has 20 heavy (non-hydrogen) atoms. The van der Waals surface area contributed by atoms with Gasteiger partial charge in [-0.05, 0) is 30.5 Å². The van der Waals surface area contributed by atoms with Crippen LogP contribution in [0, 0.1) is 17.6 Å². The summed E-state index contributed by atoms with van der Waals surface area (Å²) in [7, 11) is -4.27. The van der Waals surface area contributed by atoms with Gasteiger partial charge in [0.05, 0.1) is 4.90 Å². The van der Waals surface area contributed by atoms with Gasteiger partial charge in [0.15, 0.2) is 26.7 Å². The van der Waals surface area contributed by atoms with Crippen molar-refractivity contribution < 1.29 is 27.1 Å². The fourth-order valence-corrected chi connectivity index (χ4v) is 3.92. The molecule has 0 aliphatic carbocycles. The standard InChI is InChI=1S/C13H16F2O4S/c1-3-4-8(2)12(13(16)17)20(18,19)9-5-6-10(14)11(15)7-9/h5-8,12H,3-4H2,1-2H3,(H,16,17). The Morgan fingerprint density at radius 3 is 2.35 bits per heavy atom. The molecule has 0 aliphatic heterocycles. The van der Waals surface area contributed by atoms with Gasteiger partial charge in [0.25, 0.3) is 0 Å². The highest BCUT2D eigenvalue weighted by molar-refractivity contribution is 7.92. The Balaban J connectivity index is 3.29. The molecule has 1 N–H and O–H groups in total. The number of aliphatic carboxylic acids is 1. The number of sulfone groups is 1. The molecule has 2 atom stereocenters. The predicted octanol–water partition coefficient (Wildman–Crippen LogP) is 2.63. The molecule has 1 aromatic rings. The first kappa shape index (κ1) is 16.6. The molecule has 7 heteroatoms. The molecule has 0 spiro atoms. The van der Waals surface area contributed by atoms with E-state index in [9.17, 15) is 22.0 Å². The summed E-state index contributed by atoms with van der Waals surface area (Å²) >= 11 is 0. The van der Waals surface area contributed by atoms with Crippen LogP contribution in [0.3, 0.4) is 0 Å². The molecule has 0 saturated heterocycles. The Hall–Kier alpha value is -1.50. The van der Waals surface area contributed by atoms with Gasteiger partial charge >= 0.3 is 5.97 Å². The van der Waals surface area contributed by atoms with Gasteiger partial charge in [-0.3, -0.25) is 4.79 Å². The highest BCUT2D eigenvalue weighted by Gasteiger charge is 2.38. The largest absolute Gasteiger partial charge is 0.480 e. The van der Waals surface area contributed by atoms with Crippen LogP contribution in [-0.4, -0.2) is 24.7 Å². The molecule has 1 rings (SSSR count). The van der Waals surface area contributed by atoms with Crippen molar-refractivity contribution in [1.29, 1.82) is 0 Å². The van der Waals surface area contributed by atoms with Crippen LogP contribution < -0.4 is 0 Å². The summed E-state index contributed by atoms with van der Waals surface area (Å²) in [6, 6.07) is 2.06. The van der Waals surface area contributed by atoms with E-state index in [0.29, 0.717) is 25.0 Å². The van der Waals surface area contributed by atoms with E-state index in [1.54, 1.807) is 6.92 Å². The van der Waals surface area contributed by atoms with E-state index in [4.69, 9.17) is 5.11 Å². The van der Waals surface area contributed by atoms with E-state index < -0.39 is 43.5 Å². The smallest absolute Gasteiger partial charge is 0.322 e. The molecule has 1 aromatic carbocycles. The summed E-state index contributed by atoms with van der Waals surface area (Å²) in [5.74, 6) is -4.62. The number of rotatable bonds is 6. The van der Waals surface area contributed by atoms with E-state index in [2.05, 4.69) is 0 Å². The third-order valence-electron chi connectivity index (χ3n) is 3.06. The normalized spacial score (nSPS) is 14.8. The summed E-state index contributed by atoms with van der Waals surface area (Å²) in [6.07, 6.45) is 1.03. The van der Waals surface area contributed by atoms with Crippen LogP contribution >= 0.6 is 0 Å².